The molecule has 0 radical (unpaired) electrons. The van der Waals surface area contributed by atoms with Crippen molar-refractivity contribution >= 4 is 17.9 Å². The van der Waals surface area contributed by atoms with Crippen molar-refractivity contribution in [2.45, 2.75) is 37.6 Å². The number of hydrogen-bond acceptors (Lipinski definition) is 4. The zero-order chi connectivity index (χ0) is 15.0. The average molecular weight is 296 g/mol. The first kappa shape index (κ1) is 17.0. The fourth-order valence-electron chi connectivity index (χ4n) is 2.10. The van der Waals surface area contributed by atoms with Crippen molar-refractivity contribution in [2.75, 3.05) is 20.1 Å². The monoisotopic (exact) mass is 296 g/mol. The molecule has 0 atom stereocenters. The summed E-state index contributed by atoms with van der Waals surface area (Å²) < 4.78 is 2.83. The molecule has 1 aliphatic heterocycles. The van der Waals surface area contributed by atoms with E-state index in [0.29, 0.717) is 5.56 Å². The molecule has 1 aromatic rings. The summed E-state index contributed by atoms with van der Waals surface area (Å²) in [5, 5.41) is 8.75. The second-order valence-electron chi connectivity index (χ2n) is 4.94. The standard InChI is InChI=1S/C8H9NO2S.C7H15N/c1-9-12-7-5-3-2-4-6(7)8(10)11;1-7(2)8-5-3-4-6-8/h2-5,9H,1H3,(H,10,11);7H,3-6H2,1-2H3. The number of carbonyl (C=O) groups is 1. The van der Waals surface area contributed by atoms with E-state index in [1.807, 2.05) is 6.07 Å². The van der Waals surface area contributed by atoms with Gasteiger partial charge in [-0.25, -0.2) is 4.79 Å². The number of likely N-dealkylation sites (tertiary alicyclic amines) is 1. The molecule has 0 aliphatic carbocycles. The molecule has 0 bridgehead atoms. The zero-order valence-electron chi connectivity index (χ0n) is 12.4. The molecule has 2 rings (SSSR count). The van der Waals surface area contributed by atoms with Gasteiger partial charge in [-0.1, -0.05) is 12.1 Å². The topological polar surface area (TPSA) is 52.6 Å². The van der Waals surface area contributed by atoms with E-state index in [1.54, 1.807) is 25.2 Å². The van der Waals surface area contributed by atoms with Crippen LogP contribution in [0.25, 0.3) is 0 Å². The van der Waals surface area contributed by atoms with Crippen LogP contribution >= 0.6 is 11.9 Å². The molecule has 1 fully saturated rings. The van der Waals surface area contributed by atoms with Gasteiger partial charge in [0.1, 0.15) is 0 Å². The maximum atomic E-state index is 10.7. The number of nitrogens with one attached hydrogen (secondary N) is 1. The van der Waals surface area contributed by atoms with E-state index in [2.05, 4.69) is 23.5 Å². The zero-order valence-corrected chi connectivity index (χ0v) is 13.2. The lowest BCUT2D eigenvalue weighted by molar-refractivity contribution is 0.0693. The normalized spacial score (nSPS) is 15.0. The van der Waals surface area contributed by atoms with Gasteiger partial charge in [-0.15, -0.1) is 0 Å². The van der Waals surface area contributed by atoms with Crippen LogP contribution in [-0.2, 0) is 0 Å². The van der Waals surface area contributed by atoms with Gasteiger partial charge in [0.05, 0.1) is 5.56 Å². The van der Waals surface area contributed by atoms with Gasteiger partial charge in [0.2, 0.25) is 0 Å². The lowest BCUT2D eigenvalue weighted by Gasteiger charge is -2.18. The van der Waals surface area contributed by atoms with Crippen LogP contribution in [0.5, 0.6) is 0 Å². The van der Waals surface area contributed by atoms with Crippen LogP contribution in [0.4, 0.5) is 0 Å². The largest absolute Gasteiger partial charge is 0.478 e. The van der Waals surface area contributed by atoms with Gasteiger partial charge in [-0.05, 0) is 70.9 Å². The van der Waals surface area contributed by atoms with Gasteiger partial charge in [0.25, 0.3) is 0 Å². The summed E-state index contributed by atoms with van der Waals surface area (Å²) >= 11 is 1.30. The highest BCUT2D eigenvalue weighted by molar-refractivity contribution is 7.97. The smallest absolute Gasteiger partial charge is 0.336 e. The predicted molar refractivity (Wildman–Crippen MR) is 84.3 cm³/mol. The van der Waals surface area contributed by atoms with E-state index in [-0.39, 0.29) is 0 Å². The highest BCUT2D eigenvalue weighted by Gasteiger charge is 2.13. The number of rotatable bonds is 4. The van der Waals surface area contributed by atoms with Crippen LogP contribution in [0.1, 0.15) is 37.0 Å². The molecular weight excluding hydrogens is 272 g/mol. The Hall–Kier alpha value is -1.04. The molecule has 0 aromatic heterocycles. The summed E-state index contributed by atoms with van der Waals surface area (Å²) in [6, 6.07) is 7.65. The Kier molecular flexibility index (Phi) is 7.65. The van der Waals surface area contributed by atoms with Gasteiger partial charge in [0.15, 0.2) is 0 Å². The summed E-state index contributed by atoms with van der Waals surface area (Å²) in [5.41, 5.74) is 0.330. The molecular formula is C15H24N2O2S. The van der Waals surface area contributed by atoms with Crippen molar-refractivity contribution in [3.05, 3.63) is 29.8 Å². The predicted octanol–water partition coefficient (Wildman–Crippen LogP) is 3.10. The molecule has 1 saturated heterocycles. The first-order chi connectivity index (χ1) is 9.56. The Morgan fingerprint density at radius 2 is 1.90 bits per heavy atom. The quantitative estimate of drug-likeness (QED) is 0.836. The first-order valence-electron chi connectivity index (χ1n) is 6.96. The third-order valence-corrected chi connectivity index (χ3v) is 3.98. The number of benzene rings is 1. The van der Waals surface area contributed by atoms with Crippen molar-refractivity contribution in [1.82, 2.24) is 9.62 Å². The fraction of sp³-hybridized carbons (Fsp3) is 0.533. The van der Waals surface area contributed by atoms with E-state index < -0.39 is 5.97 Å². The Bertz CT molecular complexity index is 418. The molecule has 0 spiro atoms. The minimum atomic E-state index is -0.895. The fourth-order valence-corrected chi connectivity index (χ4v) is 2.73. The Balaban J connectivity index is 0.000000217. The van der Waals surface area contributed by atoms with E-state index in [0.717, 1.165) is 10.9 Å². The van der Waals surface area contributed by atoms with Gasteiger partial charge in [-0.2, -0.15) is 0 Å². The molecule has 20 heavy (non-hydrogen) atoms. The summed E-state index contributed by atoms with van der Waals surface area (Å²) in [4.78, 5) is 13.9. The Morgan fingerprint density at radius 3 is 2.35 bits per heavy atom. The molecule has 4 nitrogen and oxygen atoms in total. The molecule has 1 heterocycles. The third-order valence-electron chi connectivity index (χ3n) is 3.20. The van der Waals surface area contributed by atoms with Crippen LogP contribution in [0.15, 0.2) is 29.2 Å². The van der Waals surface area contributed by atoms with Crippen molar-refractivity contribution in [3.63, 3.8) is 0 Å². The maximum Gasteiger partial charge on any atom is 0.336 e. The third kappa shape index (κ3) is 5.53. The van der Waals surface area contributed by atoms with Crippen molar-refractivity contribution in [1.29, 1.82) is 0 Å². The number of carboxylic acids is 1. The van der Waals surface area contributed by atoms with E-state index in [9.17, 15) is 4.79 Å². The van der Waals surface area contributed by atoms with Gasteiger partial charge < -0.3 is 10.0 Å². The van der Waals surface area contributed by atoms with E-state index >= 15 is 0 Å². The second kappa shape index (κ2) is 9.00. The molecule has 0 unspecified atom stereocenters. The summed E-state index contributed by atoms with van der Waals surface area (Å²) in [7, 11) is 1.75. The molecule has 2 N–H and O–H groups in total. The molecule has 1 aliphatic rings. The van der Waals surface area contributed by atoms with E-state index in [4.69, 9.17) is 5.11 Å². The van der Waals surface area contributed by atoms with Gasteiger partial charge >= 0.3 is 5.97 Å². The molecule has 1 aromatic carbocycles. The molecule has 0 saturated carbocycles. The summed E-state index contributed by atoms with van der Waals surface area (Å²) in [5.74, 6) is -0.895. The summed E-state index contributed by atoms with van der Waals surface area (Å²) in [6.07, 6.45) is 2.83. The highest BCUT2D eigenvalue weighted by Crippen LogP contribution is 2.18. The summed E-state index contributed by atoms with van der Waals surface area (Å²) in [6.45, 7) is 7.20. The lowest BCUT2D eigenvalue weighted by Crippen LogP contribution is -2.26. The first-order valence-corrected chi connectivity index (χ1v) is 7.78. The number of hydrogen-bond donors (Lipinski definition) is 2. The van der Waals surface area contributed by atoms with Crippen molar-refractivity contribution in [2.24, 2.45) is 0 Å². The van der Waals surface area contributed by atoms with Crippen molar-refractivity contribution in [3.8, 4) is 0 Å². The number of nitrogens with zero attached hydrogens (tertiary/aromatic N) is 1. The van der Waals surface area contributed by atoms with Crippen molar-refractivity contribution < 1.29 is 9.90 Å². The number of carboxylic acid groups (broad SMARTS) is 1. The van der Waals surface area contributed by atoms with Gasteiger partial charge in [-0.3, -0.25) is 4.72 Å². The van der Waals surface area contributed by atoms with E-state index in [1.165, 1.54) is 37.9 Å². The minimum Gasteiger partial charge on any atom is -0.478 e. The van der Waals surface area contributed by atoms with Crippen LogP contribution in [-0.4, -0.2) is 42.2 Å². The lowest BCUT2D eigenvalue weighted by atomic mass is 10.2. The molecule has 0 amide bonds. The average Bonchev–Trinajstić information content (AvgIpc) is 2.94. The highest BCUT2D eigenvalue weighted by atomic mass is 32.2. The van der Waals surface area contributed by atoms with Crippen LogP contribution in [0, 0.1) is 0 Å². The second-order valence-corrected chi connectivity index (χ2v) is 6.00. The molecule has 5 heteroatoms. The Morgan fingerprint density at radius 1 is 1.30 bits per heavy atom. The minimum absolute atomic E-state index is 0.330. The maximum absolute atomic E-state index is 10.7. The van der Waals surface area contributed by atoms with Gasteiger partial charge in [0, 0.05) is 10.9 Å². The SMILES string of the molecule is CC(C)N1CCCC1.CNSc1ccccc1C(=O)O. The van der Waals surface area contributed by atoms with Crippen LogP contribution in [0.3, 0.4) is 0 Å². The van der Waals surface area contributed by atoms with Crippen LogP contribution in [0.2, 0.25) is 0 Å². The van der Waals surface area contributed by atoms with Crippen LogP contribution < -0.4 is 4.72 Å². The molecule has 112 valence electrons. The Labute approximate surface area is 125 Å². The number of aromatic carboxylic acids is 1.